The quantitative estimate of drug-likeness (QED) is 0.463. The topological polar surface area (TPSA) is 85.8 Å². The van der Waals surface area contributed by atoms with Gasteiger partial charge in [0, 0.05) is 17.6 Å². The van der Waals surface area contributed by atoms with Crippen molar-refractivity contribution in [3.8, 4) is 11.6 Å². The fourth-order valence-electron chi connectivity index (χ4n) is 2.98. The molecule has 0 unspecified atom stereocenters. The van der Waals surface area contributed by atoms with Gasteiger partial charge in [0.15, 0.2) is 10.9 Å². The zero-order chi connectivity index (χ0) is 20.4. The average molecular weight is 407 g/mol. The van der Waals surface area contributed by atoms with Gasteiger partial charge in [-0.15, -0.1) is 10.2 Å². The molecule has 1 atom stereocenters. The van der Waals surface area contributed by atoms with Gasteiger partial charge >= 0.3 is 0 Å². The lowest BCUT2D eigenvalue weighted by molar-refractivity contribution is -0.115. The number of pyridine rings is 1. The van der Waals surface area contributed by atoms with E-state index in [4.69, 9.17) is 4.42 Å². The molecule has 0 fully saturated rings. The number of nitrogens with zero attached hydrogens (tertiary/aromatic N) is 4. The molecule has 0 saturated carbocycles. The first kappa shape index (κ1) is 19.2. The van der Waals surface area contributed by atoms with Gasteiger partial charge in [-0.2, -0.15) is 0 Å². The Morgan fingerprint density at radius 1 is 1.14 bits per heavy atom. The van der Waals surface area contributed by atoms with Crippen molar-refractivity contribution in [3.05, 3.63) is 54.9 Å². The largest absolute Gasteiger partial charge is 0.453 e. The summed E-state index contributed by atoms with van der Waals surface area (Å²) in [6.07, 6.45) is 3.28. The number of rotatable bonds is 6. The molecule has 29 heavy (non-hydrogen) atoms. The van der Waals surface area contributed by atoms with Crippen molar-refractivity contribution < 1.29 is 9.21 Å². The summed E-state index contributed by atoms with van der Waals surface area (Å²) in [5, 5.41) is 12.9. The number of furan rings is 1. The molecule has 1 aromatic carbocycles. The van der Waals surface area contributed by atoms with E-state index in [1.54, 1.807) is 24.5 Å². The maximum absolute atomic E-state index is 12.6. The molecule has 1 N–H and O–H groups in total. The lowest BCUT2D eigenvalue weighted by Gasteiger charge is -2.15. The van der Waals surface area contributed by atoms with Crippen LogP contribution in [0.25, 0.3) is 22.6 Å². The van der Waals surface area contributed by atoms with E-state index in [2.05, 4.69) is 34.3 Å². The number of anilines is 1. The van der Waals surface area contributed by atoms with E-state index in [0.29, 0.717) is 22.4 Å². The molecule has 0 aliphatic carbocycles. The van der Waals surface area contributed by atoms with Gasteiger partial charge in [-0.25, -0.2) is 0 Å². The maximum atomic E-state index is 12.6. The van der Waals surface area contributed by atoms with Crippen LogP contribution in [0.2, 0.25) is 0 Å². The van der Waals surface area contributed by atoms with Crippen LogP contribution < -0.4 is 5.32 Å². The molecule has 148 valence electrons. The Morgan fingerprint density at radius 2 is 1.97 bits per heavy atom. The fourth-order valence-corrected chi connectivity index (χ4v) is 3.96. The zero-order valence-electron chi connectivity index (χ0n) is 16.4. The minimum Gasteiger partial charge on any atom is -0.453 e. The van der Waals surface area contributed by atoms with Crippen molar-refractivity contribution in [1.29, 1.82) is 0 Å². The summed E-state index contributed by atoms with van der Waals surface area (Å²) in [5.74, 6) is 1.19. The number of carbonyl (C=O) groups excluding carboxylic acids is 1. The Hall–Kier alpha value is -3.13. The third-order valence-corrected chi connectivity index (χ3v) is 5.46. The Morgan fingerprint density at radius 3 is 2.69 bits per heavy atom. The molecule has 3 aromatic heterocycles. The number of para-hydroxylation sites is 1. The van der Waals surface area contributed by atoms with E-state index in [0.717, 1.165) is 11.0 Å². The van der Waals surface area contributed by atoms with Crippen LogP contribution in [0.4, 0.5) is 5.69 Å². The molecule has 0 bridgehead atoms. The number of nitrogens with one attached hydrogen (secondary N) is 1. The molecule has 0 spiro atoms. The van der Waals surface area contributed by atoms with Crippen LogP contribution in [0.15, 0.2) is 64.4 Å². The monoisotopic (exact) mass is 407 g/mol. The molecular formula is C21H21N5O2S. The number of hydrogen-bond donors (Lipinski definition) is 1. The number of hydrogen-bond acceptors (Lipinski definition) is 6. The van der Waals surface area contributed by atoms with Gasteiger partial charge in [0.2, 0.25) is 11.7 Å². The summed E-state index contributed by atoms with van der Waals surface area (Å²) < 4.78 is 7.97. The highest BCUT2D eigenvalue weighted by molar-refractivity contribution is 8.00. The van der Waals surface area contributed by atoms with E-state index < -0.39 is 0 Å². The number of aromatic nitrogens is 4. The Kier molecular flexibility index (Phi) is 5.35. The van der Waals surface area contributed by atoms with Gasteiger partial charge < -0.3 is 9.73 Å². The third kappa shape index (κ3) is 4.02. The summed E-state index contributed by atoms with van der Waals surface area (Å²) >= 11 is 1.36. The minimum atomic E-state index is -0.361. The molecule has 1 amide bonds. The number of benzene rings is 1. The summed E-state index contributed by atoms with van der Waals surface area (Å²) in [6.45, 7) is 5.95. The summed E-state index contributed by atoms with van der Waals surface area (Å²) in [7, 11) is 0. The van der Waals surface area contributed by atoms with Crippen molar-refractivity contribution in [3.63, 3.8) is 0 Å². The highest BCUT2D eigenvalue weighted by atomic mass is 32.2. The highest BCUT2D eigenvalue weighted by Gasteiger charge is 2.24. The van der Waals surface area contributed by atoms with Crippen LogP contribution in [0.5, 0.6) is 0 Å². The zero-order valence-corrected chi connectivity index (χ0v) is 17.2. The number of thioether (sulfide) groups is 1. The lowest BCUT2D eigenvalue weighted by atomic mass is 10.2. The van der Waals surface area contributed by atoms with Crippen LogP contribution >= 0.6 is 11.8 Å². The first-order valence-corrected chi connectivity index (χ1v) is 10.2. The fraction of sp³-hybridized carbons (Fsp3) is 0.238. The van der Waals surface area contributed by atoms with E-state index in [1.807, 2.05) is 41.8 Å². The number of carbonyl (C=O) groups is 1. The third-order valence-electron chi connectivity index (χ3n) is 4.41. The molecule has 0 aliphatic rings. The molecule has 3 heterocycles. The predicted octanol–water partition coefficient (Wildman–Crippen LogP) is 4.79. The van der Waals surface area contributed by atoms with Crippen molar-refractivity contribution in [2.24, 2.45) is 0 Å². The summed E-state index contributed by atoms with van der Waals surface area (Å²) in [5.41, 5.74) is 1.47. The Balaban J connectivity index is 1.58. The van der Waals surface area contributed by atoms with Crippen LogP contribution in [0.1, 0.15) is 26.8 Å². The smallest absolute Gasteiger partial charge is 0.237 e. The molecule has 4 rings (SSSR count). The van der Waals surface area contributed by atoms with Crippen molar-refractivity contribution in [2.45, 2.75) is 37.2 Å². The average Bonchev–Trinajstić information content (AvgIpc) is 3.32. The van der Waals surface area contributed by atoms with E-state index in [1.165, 1.54) is 11.8 Å². The van der Waals surface area contributed by atoms with Crippen molar-refractivity contribution in [1.82, 2.24) is 19.7 Å². The van der Waals surface area contributed by atoms with Gasteiger partial charge in [-0.05, 0) is 45.0 Å². The standard InChI is InChI=1S/C21H21N5O2S/c1-13(2)26-19(18-11-15-7-4-5-9-17(15)28-18)24-25-21(26)29-14(3)20(27)23-16-8-6-10-22-12-16/h4-14H,1-3H3,(H,23,27)/t14-/m1/s1. The molecule has 0 radical (unpaired) electrons. The second-order valence-electron chi connectivity index (χ2n) is 6.91. The van der Waals surface area contributed by atoms with E-state index >= 15 is 0 Å². The number of amides is 1. The minimum absolute atomic E-state index is 0.101. The second-order valence-corrected chi connectivity index (χ2v) is 8.22. The van der Waals surface area contributed by atoms with Crippen LogP contribution in [-0.4, -0.2) is 30.9 Å². The lowest BCUT2D eigenvalue weighted by Crippen LogP contribution is -2.23. The van der Waals surface area contributed by atoms with Gasteiger partial charge in [0.25, 0.3) is 0 Å². The normalized spacial score (nSPS) is 12.4. The molecular weight excluding hydrogens is 386 g/mol. The van der Waals surface area contributed by atoms with Crippen molar-refractivity contribution in [2.75, 3.05) is 5.32 Å². The van der Waals surface area contributed by atoms with Gasteiger partial charge in [0.05, 0.1) is 17.1 Å². The van der Waals surface area contributed by atoms with Crippen LogP contribution in [0.3, 0.4) is 0 Å². The predicted molar refractivity (Wildman–Crippen MR) is 114 cm³/mol. The van der Waals surface area contributed by atoms with Gasteiger partial charge in [0.1, 0.15) is 5.58 Å². The Labute approximate surface area is 172 Å². The van der Waals surface area contributed by atoms with Gasteiger partial charge in [-0.3, -0.25) is 14.3 Å². The maximum Gasteiger partial charge on any atom is 0.237 e. The molecule has 7 nitrogen and oxygen atoms in total. The molecule has 8 heteroatoms. The first-order valence-electron chi connectivity index (χ1n) is 9.34. The van der Waals surface area contributed by atoms with Gasteiger partial charge in [-0.1, -0.05) is 30.0 Å². The summed E-state index contributed by atoms with van der Waals surface area (Å²) in [6, 6.07) is 13.5. The molecule has 4 aromatic rings. The number of fused-ring (bicyclic) bond motifs is 1. The van der Waals surface area contributed by atoms with E-state index in [9.17, 15) is 4.79 Å². The Bertz CT molecular complexity index is 1100. The second kappa shape index (κ2) is 8.08. The van der Waals surface area contributed by atoms with Crippen LogP contribution in [-0.2, 0) is 4.79 Å². The SMILES string of the molecule is CC(C)n1c(S[C@H](C)C(=O)Nc2cccnc2)nnc1-c1cc2ccccc2o1. The first-order chi connectivity index (χ1) is 14.0. The van der Waals surface area contributed by atoms with Crippen LogP contribution in [0, 0.1) is 0 Å². The summed E-state index contributed by atoms with van der Waals surface area (Å²) in [4.78, 5) is 16.6. The van der Waals surface area contributed by atoms with Crippen molar-refractivity contribution >= 4 is 34.3 Å². The molecule has 0 aliphatic heterocycles. The highest BCUT2D eigenvalue weighted by Crippen LogP contribution is 2.33. The van der Waals surface area contributed by atoms with E-state index in [-0.39, 0.29) is 17.2 Å². The molecule has 0 saturated heterocycles.